The molecule has 2 aliphatic rings. The SMILES string of the molecule is CCN1CCC(=O)C12CCC(C)(C)CC2. The van der Waals surface area contributed by atoms with Gasteiger partial charge in [0.25, 0.3) is 0 Å². The fourth-order valence-corrected chi connectivity index (χ4v) is 3.26. The number of rotatable bonds is 1. The van der Waals surface area contributed by atoms with Gasteiger partial charge in [0.1, 0.15) is 0 Å². The number of likely N-dealkylation sites (tertiary alicyclic amines) is 1. The minimum atomic E-state index is -0.0513. The van der Waals surface area contributed by atoms with Crippen LogP contribution in [-0.4, -0.2) is 29.3 Å². The highest BCUT2D eigenvalue weighted by Crippen LogP contribution is 2.45. The van der Waals surface area contributed by atoms with E-state index < -0.39 is 0 Å². The van der Waals surface area contributed by atoms with Gasteiger partial charge in [-0.25, -0.2) is 0 Å². The van der Waals surface area contributed by atoms with Crippen molar-refractivity contribution in [1.29, 1.82) is 0 Å². The molecule has 0 aromatic carbocycles. The summed E-state index contributed by atoms with van der Waals surface area (Å²) < 4.78 is 0. The Labute approximate surface area is 93.0 Å². The first-order valence-corrected chi connectivity index (χ1v) is 6.29. The molecule has 1 saturated heterocycles. The third-order valence-electron chi connectivity index (χ3n) is 4.55. The summed E-state index contributed by atoms with van der Waals surface area (Å²) >= 11 is 0. The molecule has 0 aromatic rings. The van der Waals surface area contributed by atoms with Gasteiger partial charge >= 0.3 is 0 Å². The van der Waals surface area contributed by atoms with Crippen molar-refractivity contribution in [3.63, 3.8) is 0 Å². The zero-order valence-corrected chi connectivity index (χ0v) is 10.3. The number of ketones is 1. The average molecular weight is 209 g/mol. The van der Waals surface area contributed by atoms with Gasteiger partial charge in [-0.05, 0) is 37.6 Å². The summed E-state index contributed by atoms with van der Waals surface area (Å²) in [5.74, 6) is 0.514. The Balaban J connectivity index is 2.16. The third-order valence-corrected chi connectivity index (χ3v) is 4.55. The summed E-state index contributed by atoms with van der Waals surface area (Å²) in [5, 5.41) is 0. The van der Waals surface area contributed by atoms with E-state index in [1.54, 1.807) is 0 Å². The van der Waals surface area contributed by atoms with E-state index in [1.165, 1.54) is 12.8 Å². The second kappa shape index (κ2) is 3.58. The lowest BCUT2D eigenvalue weighted by Gasteiger charge is -2.45. The molecule has 2 fully saturated rings. The lowest BCUT2D eigenvalue weighted by Crippen LogP contribution is -2.51. The Hall–Kier alpha value is -0.370. The van der Waals surface area contributed by atoms with Crippen molar-refractivity contribution in [2.24, 2.45) is 5.41 Å². The van der Waals surface area contributed by atoms with E-state index in [-0.39, 0.29) is 5.54 Å². The molecule has 1 aliphatic heterocycles. The van der Waals surface area contributed by atoms with Crippen LogP contribution in [0, 0.1) is 5.41 Å². The van der Waals surface area contributed by atoms with Crippen LogP contribution in [0.3, 0.4) is 0 Å². The third kappa shape index (κ3) is 1.73. The second-order valence-corrected chi connectivity index (χ2v) is 5.95. The first-order chi connectivity index (χ1) is 7.00. The van der Waals surface area contributed by atoms with Crippen LogP contribution in [0.4, 0.5) is 0 Å². The normalized spacial score (nSPS) is 29.9. The van der Waals surface area contributed by atoms with E-state index in [4.69, 9.17) is 0 Å². The number of hydrogen-bond donors (Lipinski definition) is 0. The van der Waals surface area contributed by atoms with Gasteiger partial charge in [-0.2, -0.15) is 0 Å². The summed E-state index contributed by atoms with van der Waals surface area (Å²) in [6.07, 6.45) is 5.37. The number of carbonyl (C=O) groups excluding carboxylic acids is 1. The standard InChI is InChI=1S/C13H23NO/c1-4-14-10-5-11(15)13(14)8-6-12(2,3)7-9-13/h4-10H2,1-3H3. The maximum atomic E-state index is 12.1. The van der Waals surface area contributed by atoms with E-state index in [9.17, 15) is 4.79 Å². The van der Waals surface area contributed by atoms with Gasteiger partial charge in [-0.15, -0.1) is 0 Å². The van der Waals surface area contributed by atoms with Crippen molar-refractivity contribution in [3.05, 3.63) is 0 Å². The minimum Gasteiger partial charge on any atom is -0.298 e. The molecule has 15 heavy (non-hydrogen) atoms. The molecular weight excluding hydrogens is 186 g/mol. The molecule has 0 amide bonds. The second-order valence-electron chi connectivity index (χ2n) is 5.95. The lowest BCUT2D eigenvalue weighted by atomic mass is 9.68. The molecule has 86 valence electrons. The lowest BCUT2D eigenvalue weighted by molar-refractivity contribution is -0.128. The van der Waals surface area contributed by atoms with E-state index >= 15 is 0 Å². The number of hydrogen-bond acceptors (Lipinski definition) is 2. The van der Waals surface area contributed by atoms with Crippen LogP contribution in [0.5, 0.6) is 0 Å². The fourth-order valence-electron chi connectivity index (χ4n) is 3.26. The molecule has 0 N–H and O–H groups in total. The van der Waals surface area contributed by atoms with E-state index in [1.807, 2.05) is 0 Å². The van der Waals surface area contributed by atoms with Crippen LogP contribution in [0.25, 0.3) is 0 Å². The fraction of sp³-hybridized carbons (Fsp3) is 0.923. The predicted octanol–water partition coefficient (Wildman–Crippen LogP) is 2.62. The molecule has 0 bridgehead atoms. The van der Waals surface area contributed by atoms with Crippen LogP contribution in [0.1, 0.15) is 52.9 Å². The van der Waals surface area contributed by atoms with Crippen molar-refractivity contribution in [2.75, 3.05) is 13.1 Å². The quantitative estimate of drug-likeness (QED) is 0.661. The highest BCUT2D eigenvalue weighted by molar-refractivity contribution is 5.90. The molecule has 2 nitrogen and oxygen atoms in total. The van der Waals surface area contributed by atoms with Crippen LogP contribution in [-0.2, 0) is 4.79 Å². The Morgan fingerprint density at radius 2 is 1.80 bits per heavy atom. The van der Waals surface area contributed by atoms with Crippen LogP contribution < -0.4 is 0 Å². The van der Waals surface area contributed by atoms with Gasteiger partial charge in [-0.3, -0.25) is 9.69 Å². The summed E-state index contributed by atoms with van der Waals surface area (Å²) in [5.41, 5.74) is 0.401. The number of carbonyl (C=O) groups is 1. The number of Topliss-reactive ketones (excluding diaryl/α,β-unsaturated/α-hetero) is 1. The average Bonchev–Trinajstić information content (AvgIpc) is 2.50. The Morgan fingerprint density at radius 3 is 2.33 bits per heavy atom. The Bertz CT molecular complexity index is 260. The van der Waals surface area contributed by atoms with Crippen molar-refractivity contribution < 1.29 is 4.79 Å². The van der Waals surface area contributed by atoms with Crippen molar-refractivity contribution in [2.45, 2.75) is 58.4 Å². The van der Waals surface area contributed by atoms with Crippen LogP contribution in [0.2, 0.25) is 0 Å². The van der Waals surface area contributed by atoms with Gasteiger partial charge in [0.2, 0.25) is 0 Å². The molecule has 1 aliphatic carbocycles. The largest absolute Gasteiger partial charge is 0.298 e. The minimum absolute atomic E-state index is 0.0513. The summed E-state index contributed by atoms with van der Waals surface area (Å²) in [6.45, 7) is 8.87. The molecule has 2 heteroatoms. The van der Waals surface area contributed by atoms with Gasteiger partial charge in [-0.1, -0.05) is 20.8 Å². The zero-order chi connectivity index (χ0) is 11.1. The highest BCUT2D eigenvalue weighted by atomic mass is 16.1. The first kappa shape index (κ1) is 11.1. The number of likely N-dealkylation sites (N-methyl/N-ethyl adjacent to an activating group) is 1. The maximum absolute atomic E-state index is 12.1. The van der Waals surface area contributed by atoms with Crippen LogP contribution in [0.15, 0.2) is 0 Å². The molecule has 2 rings (SSSR count). The first-order valence-electron chi connectivity index (χ1n) is 6.29. The van der Waals surface area contributed by atoms with Gasteiger partial charge < -0.3 is 0 Å². The molecule has 1 heterocycles. The molecule has 0 unspecified atom stereocenters. The molecule has 0 aromatic heterocycles. The van der Waals surface area contributed by atoms with E-state index in [2.05, 4.69) is 25.7 Å². The van der Waals surface area contributed by atoms with E-state index in [0.29, 0.717) is 11.2 Å². The maximum Gasteiger partial charge on any atom is 0.154 e. The Morgan fingerprint density at radius 1 is 1.20 bits per heavy atom. The summed E-state index contributed by atoms with van der Waals surface area (Å²) in [4.78, 5) is 14.5. The molecule has 1 spiro atoms. The molecule has 0 radical (unpaired) electrons. The zero-order valence-electron chi connectivity index (χ0n) is 10.3. The van der Waals surface area contributed by atoms with E-state index in [0.717, 1.165) is 32.4 Å². The van der Waals surface area contributed by atoms with Gasteiger partial charge in [0.05, 0.1) is 5.54 Å². The molecular formula is C13H23NO. The predicted molar refractivity (Wildman–Crippen MR) is 61.9 cm³/mol. The Kier molecular flexibility index (Phi) is 2.66. The monoisotopic (exact) mass is 209 g/mol. The summed E-state index contributed by atoms with van der Waals surface area (Å²) in [7, 11) is 0. The van der Waals surface area contributed by atoms with Crippen molar-refractivity contribution in [3.8, 4) is 0 Å². The summed E-state index contributed by atoms with van der Waals surface area (Å²) in [6, 6.07) is 0. The highest BCUT2D eigenvalue weighted by Gasteiger charge is 2.50. The van der Waals surface area contributed by atoms with Gasteiger partial charge in [0.15, 0.2) is 5.78 Å². The molecule has 1 saturated carbocycles. The smallest absolute Gasteiger partial charge is 0.154 e. The topological polar surface area (TPSA) is 20.3 Å². The number of nitrogens with zero attached hydrogens (tertiary/aromatic N) is 1. The van der Waals surface area contributed by atoms with Crippen molar-refractivity contribution >= 4 is 5.78 Å². The van der Waals surface area contributed by atoms with Crippen molar-refractivity contribution in [1.82, 2.24) is 4.90 Å². The molecule has 0 atom stereocenters. The van der Waals surface area contributed by atoms with Gasteiger partial charge in [0, 0.05) is 13.0 Å². The van der Waals surface area contributed by atoms with Crippen LogP contribution >= 0.6 is 0 Å².